The summed E-state index contributed by atoms with van der Waals surface area (Å²) < 4.78 is 48.4. The Balaban J connectivity index is 0.000000826. The van der Waals surface area contributed by atoms with Crippen LogP contribution in [0.15, 0.2) is 93.3 Å². The molecule has 0 radical (unpaired) electrons. The molecule has 3 aromatic carbocycles. The van der Waals surface area contributed by atoms with E-state index in [0.29, 0.717) is 22.5 Å². The summed E-state index contributed by atoms with van der Waals surface area (Å²) in [6.07, 6.45) is 1.95. The average Bonchev–Trinajstić information content (AvgIpc) is 3.59. The molecule has 1 fully saturated rings. The average molecular weight is 608 g/mol. The molecule has 204 valence electrons. The van der Waals surface area contributed by atoms with Crippen molar-refractivity contribution < 1.29 is 16.7 Å². The summed E-state index contributed by atoms with van der Waals surface area (Å²) in [5, 5.41) is 11.8. The summed E-state index contributed by atoms with van der Waals surface area (Å²) >= 11 is 12.1. The Morgan fingerprint density at radius 3 is 2.05 bits per heavy atom. The molecule has 2 aliphatic heterocycles. The quantitative estimate of drug-likeness (QED) is 0.264. The van der Waals surface area contributed by atoms with Crippen LogP contribution in [0.5, 0.6) is 0 Å². The maximum atomic E-state index is 13.3. The van der Waals surface area contributed by atoms with Crippen molar-refractivity contribution in [3.8, 4) is 0 Å². The molecule has 0 aromatic heterocycles. The van der Waals surface area contributed by atoms with Gasteiger partial charge in [0.05, 0.1) is 17.2 Å². The second kappa shape index (κ2) is 12.9. The molecule has 5 rings (SSSR count). The molecule has 2 N–H and O–H groups in total. The molecule has 2 heterocycles. The first kappa shape index (κ1) is 29.1. The van der Waals surface area contributed by atoms with Crippen LogP contribution in [0.2, 0.25) is 10.0 Å². The van der Waals surface area contributed by atoms with E-state index < -0.39 is 20.8 Å². The van der Waals surface area contributed by atoms with Gasteiger partial charge in [-0.1, -0.05) is 65.7 Å². The summed E-state index contributed by atoms with van der Waals surface area (Å²) in [6, 6.07) is 23.7. The number of benzene rings is 3. The van der Waals surface area contributed by atoms with Crippen LogP contribution in [0.4, 0.5) is 0 Å². The van der Waals surface area contributed by atoms with Crippen molar-refractivity contribution in [3.63, 3.8) is 0 Å². The van der Waals surface area contributed by atoms with E-state index in [1.165, 1.54) is 12.1 Å². The Hall–Kier alpha value is -2.93. The fourth-order valence-electron chi connectivity index (χ4n) is 4.41. The van der Waals surface area contributed by atoms with E-state index in [-0.39, 0.29) is 10.8 Å². The monoisotopic (exact) mass is 606 g/mol. The SMILES string of the molecule is NS(=O)#[O+].O=S(=O)(/N=C(/N1CCCC1)N1C[C@@H](c2ccccc2)C(c2ccc(Cl)cc2)=N1)c1ccc(Cl)cc1. The molecular weight excluding hydrogens is 581 g/mol. The van der Waals surface area contributed by atoms with Gasteiger partial charge >= 0.3 is 24.1 Å². The molecule has 0 unspecified atom stereocenters. The van der Waals surface area contributed by atoms with E-state index in [9.17, 15) is 8.42 Å². The van der Waals surface area contributed by atoms with Gasteiger partial charge in [-0.25, -0.2) is 5.01 Å². The minimum absolute atomic E-state index is 0.0524. The Bertz CT molecular complexity index is 1590. The van der Waals surface area contributed by atoms with Crippen LogP contribution in [0.25, 0.3) is 0 Å². The van der Waals surface area contributed by atoms with Crippen LogP contribution in [0.3, 0.4) is 0 Å². The Kier molecular flexibility index (Phi) is 9.65. The first-order chi connectivity index (χ1) is 18.6. The van der Waals surface area contributed by atoms with Gasteiger partial charge in [0, 0.05) is 29.1 Å². The van der Waals surface area contributed by atoms with Crippen LogP contribution in [-0.2, 0) is 24.8 Å². The molecule has 0 aliphatic carbocycles. The molecule has 9 nitrogen and oxygen atoms in total. The van der Waals surface area contributed by atoms with Crippen LogP contribution >= 0.6 is 23.2 Å². The predicted molar refractivity (Wildman–Crippen MR) is 154 cm³/mol. The van der Waals surface area contributed by atoms with Gasteiger partial charge in [0.1, 0.15) is 0 Å². The topological polar surface area (TPSA) is 128 Å². The molecule has 3 aromatic rings. The Morgan fingerprint density at radius 2 is 1.49 bits per heavy atom. The van der Waals surface area contributed by atoms with Gasteiger partial charge in [-0.05, 0) is 60.4 Å². The minimum atomic E-state index is -3.96. The van der Waals surface area contributed by atoms with Gasteiger partial charge in [-0.2, -0.15) is 13.5 Å². The first-order valence-corrected chi connectivity index (χ1v) is 15.3. The van der Waals surface area contributed by atoms with Crippen LogP contribution in [0, 0.1) is 0 Å². The van der Waals surface area contributed by atoms with Crippen molar-refractivity contribution in [3.05, 3.63) is 100 Å². The molecule has 0 amide bonds. The molecule has 13 heteroatoms. The number of guanidine groups is 1. The summed E-state index contributed by atoms with van der Waals surface area (Å²) in [5.41, 5.74) is 2.89. The van der Waals surface area contributed by atoms with E-state index >= 15 is 0 Å². The smallest absolute Gasteiger partial charge is 0.285 e. The zero-order chi connectivity index (χ0) is 28.0. The van der Waals surface area contributed by atoms with Crippen LogP contribution < -0.4 is 5.14 Å². The molecule has 0 spiro atoms. The van der Waals surface area contributed by atoms with Crippen molar-refractivity contribution in [2.24, 2.45) is 14.6 Å². The second-order valence-corrected chi connectivity index (χ2v) is 11.8. The van der Waals surface area contributed by atoms with Crippen molar-refractivity contribution in [2.75, 3.05) is 19.6 Å². The Labute approximate surface area is 239 Å². The van der Waals surface area contributed by atoms with Crippen LogP contribution in [-0.4, -0.2) is 53.8 Å². The maximum absolute atomic E-state index is 13.3. The van der Waals surface area contributed by atoms with Gasteiger partial charge in [0.25, 0.3) is 10.0 Å². The van der Waals surface area contributed by atoms with Gasteiger partial charge in [0.15, 0.2) is 0 Å². The molecule has 2 aliphatic rings. The van der Waals surface area contributed by atoms with E-state index in [2.05, 4.69) is 21.7 Å². The zero-order valence-corrected chi connectivity index (χ0v) is 23.8. The van der Waals surface area contributed by atoms with Crippen molar-refractivity contribution in [1.29, 1.82) is 0 Å². The van der Waals surface area contributed by atoms with Gasteiger partial charge in [-0.15, -0.1) is 4.40 Å². The molecule has 0 bridgehead atoms. The minimum Gasteiger partial charge on any atom is -0.340 e. The van der Waals surface area contributed by atoms with Crippen LogP contribution in [0.1, 0.15) is 29.9 Å². The molecular formula is C26H26Cl2N5O4S2+. The van der Waals surface area contributed by atoms with Crippen molar-refractivity contribution >= 4 is 55.6 Å². The normalized spacial score (nSPS) is 17.4. The number of nitrogens with zero attached hydrogens (tertiary/aromatic N) is 4. The Morgan fingerprint density at radius 1 is 0.949 bits per heavy atom. The van der Waals surface area contributed by atoms with Crippen molar-refractivity contribution in [1.82, 2.24) is 9.91 Å². The van der Waals surface area contributed by atoms with Gasteiger partial charge in [0.2, 0.25) is 5.96 Å². The summed E-state index contributed by atoms with van der Waals surface area (Å²) in [5.74, 6) is 0.297. The summed E-state index contributed by atoms with van der Waals surface area (Å²) in [6.45, 7) is 1.94. The fraction of sp³-hybridized carbons (Fsp3) is 0.231. The number of halogens is 2. The third kappa shape index (κ3) is 7.59. The number of hydrazone groups is 1. The third-order valence-electron chi connectivity index (χ3n) is 6.19. The van der Waals surface area contributed by atoms with Gasteiger partial charge in [-0.3, -0.25) is 0 Å². The summed E-state index contributed by atoms with van der Waals surface area (Å²) in [4.78, 5) is 2.10. The summed E-state index contributed by atoms with van der Waals surface area (Å²) in [7, 11) is -6.32. The number of sulfonamides is 1. The largest absolute Gasteiger partial charge is 0.340 e. The van der Waals surface area contributed by atoms with Gasteiger partial charge < -0.3 is 4.90 Å². The number of rotatable bonds is 4. The standard InChI is InChI=1S/C26H24Cl2N4O2S.H2NO2S/c27-21-10-8-20(9-11-21)25-24(19-6-2-1-3-7-19)18-32(29-25)26(31-16-4-5-17-31)30-35(33,34)23-14-12-22(28)13-15-23;1-4(2)3/h1-3,6-15,24H,4-5,16-18H2;(H2,1,2)/q;+1/b30-26-;/t24-;/m0./s1. The van der Waals surface area contributed by atoms with E-state index in [1.807, 2.05) is 47.4 Å². The maximum Gasteiger partial charge on any atom is 0.285 e. The number of hydrogen-bond acceptors (Lipinski definition) is 4. The predicted octanol–water partition coefficient (Wildman–Crippen LogP) is 4.59. The molecule has 39 heavy (non-hydrogen) atoms. The number of likely N-dealkylation sites (tertiary alicyclic amines) is 1. The second-order valence-electron chi connectivity index (χ2n) is 8.81. The molecule has 1 atom stereocenters. The molecule has 0 saturated carbocycles. The van der Waals surface area contributed by atoms with E-state index in [1.54, 1.807) is 17.1 Å². The number of nitrogens with two attached hydrogens (primary N) is 1. The van der Waals surface area contributed by atoms with E-state index in [0.717, 1.165) is 42.8 Å². The number of hydrogen-bond donors (Lipinski definition) is 1. The third-order valence-corrected chi connectivity index (χ3v) is 7.96. The fourth-order valence-corrected chi connectivity index (χ4v) is 5.67. The molecule has 1 saturated heterocycles. The van der Waals surface area contributed by atoms with E-state index in [4.69, 9.17) is 36.6 Å². The first-order valence-electron chi connectivity index (χ1n) is 12.0. The zero-order valence-electron chi connectivity index (χ0n) is 20.7. The van der Waals surface area contributed by atoms with Crippen molar-refractivity contribution in [2.45, 2.75) is 23.7 Å².